The molecule has 0 aliphatic carbocycles. The molecule has 2 heterocycles. The van der Waals surface area contributed by atoms with E-state index >= 15 is 0 Å². The predicted molar refractivity (Wildman–Crippen MR) is 50.6 cm³/mol. The first kappa shape index (κ1) is 8.26. The minimum absolute atomic E-state index is 0.379. The quantitative estimate of drug-likeness (QED) is 0.695. The molecule has 1 aromatic heterocycles. The molecule has 1 aromatic rings. The molecule has 1 atom stereocenters. The Bertz CT molecular complexity index is 321. The molecule has 0 saturated heterocycles. The first-order valence-corrected chi connectivity index (χ1v) is 4.30. The molecule has 0 fully saturated rings. The van der Waals surface area contributed by atoms with Crippen LogP contribution >= 0.6 is 0 Å². The summed E-state index contributed by atoms with van der Waals surface area (Å²) in [6.45, 7) is 0. The van der Waals surface area contributed by atoms with E-state index in [0.29, 0.717) is 6.42 Å². The molecule has 0 saturated carbocycles. The van der Waals surface area contributed by atoms with Crippen LogP contribution in [0.2, 0.25) is 0 Å². The zero-order valence-corrected chi connectivity index (χ0v) is 7.51. The first-order valence-electron chi connectivity index (χ1n) is 4.30. The number of aliphatic hydroxyl groups is 1. The fourth-order valence-electron chi connectivity index (χ4n) is 1.52. The van der Waals surface area contributed by atoms with Crippen LogP contribution in [0.5, 0.6) is 0 Å². The summed E-state index contributed by atoms with van der Waals surface area (Å²) in [5, 5.41) is 9.48. The van der Waals surface area contributed by atoms with Crippen molar-refractivity contribution in [1.29, 1.82) is 0 Å². The Labute approximate surface area is 77.3 Å². The molecule has 68 valence electrons. The molecular formula is C10H12N2O. The van der Waals surface area contributed by atoms with Crippen LogP contribution in [-0.2, 0) is 0 Å². The van der Waals surface area contributed by atoms with E-state index in [1.165, 1.54) is 0 Å². The molecule has 13 heavy (non-hydrogen) atoms. The number of aromatic nitrogens is 1. The molecule has 3 nitrogen and oxygen atoms in total. The standard InChI is InChI=1S/C10H12N2O/c1-12-9(4-5-10(12)13)8-3-2-6-11-7-8/h2-4,6-7,10,13H,5H2,1H3. The number of nitrogens with zero attached hydrogens (tertiary/aromatic N) is 2. The van der Waals surface area contributed by atoms with Gasteiger partial charge in [-0.05, 0) is 12.1 Å². The highest BCUT2D eigenvalue weighted by molar-refractivity contribution is 5.64. The summed E-state index contributed by atoms with van der Waals surface area (Å²) in [4.78, 5) is 5.90. The van der Waals surface area contributed by atoms with Gasteiger partial charge in [0.2, 0.25) is 0 Å². The summed E-state index contributed by atoms with van der Waals surface area (Å²) in [7, 11) is 1.89. The molecule has 0 radical (unpaired) electrons. The fourth-order valence-corrected chi connectivity index (χ4v) is 1.52. The molecular weight excluding hydrogens is 164 g/mol. The van der Waals surface area contributed by atoms with Crippen molar-refractivity contribution in [2.75, 3.05) is 7.05 Å². The Morgan fingerprint density at radius 1 is 1.62 bits per heavy atom. The van der Waals surface area contributed by atoms with Gasteiger partial charge in [0.15, 0.2) is 0 Å². The zero-order chi connectivity index (χ0) is 9.26. The van der Waals surface area contributed by atoms with Gasteiger partial charge in [-0.3, -0.25) is 4.98 Å². The summed E-state index contributed by atoms with van der Waals surface area (Å²) in [6, 6.07) is 3.89. The number of hydrogen-bond donors (Lipinski definition) is 1. The summed E-state index contributed by atoms with van der Waals surface area (Å²) >= 11 is 0. The lowest BCUT2D eigenvalue weighted by molar-refractivity contribution is 0.0771. The summed E-state index contributed by atoms with van der Waals surface area (Å²) in [5.41, 5.74) is 2.11. The molecule has 1 aliphatic heterocycles. The monoisotopic (exact) mass is 176 g/mol. The van der Waals surface area contributed by atoms with Crippen LogP contribution in [0, 0.1) is 0 Å². The maximum Gasteiger partial charge on any atom is 0.130 e. The molecule has 2 rings (SSSR count). The SMILES string of the molecule is CN1C(c2cccnc2)=CCC1O. The van der Waals surface area contributed by atoms with Crippen LogP contribution in [0.1, 0.15) is 12.0 Å². The van der Waals surface area contributed by atoms with E-state index in [4.69, 9.17) is 0 Å². The minimum Gasteiger partial charge on any atom is -0.373 e. The lowest BCUT2D eigenvalue weighted by atomic mass is 10.2. The van der Waals surface area contributed by atoms with Gasteiger partial charge in [0.25, 0.3) is 0 Å². The van der Waals surface area contributed by atoms with Gasteiger partial charge in [0.1, 0.15) is 6.23 Å². The van der Waals surface area contributed by atoms with E-state index in [0.717, 1.165) is 11.3 Å². The van der Waals surface area contributed by atoms with Crippen molar-refractivity contribution in [2.45, 2.75) is 12.6 Å². The molecule has 0 amide bonds. The maximum atomic E-state index is 9.48. The average molecular weight is 176 g/mol. The van der Waals surface area contributed by atoms with Crippen molar-refractivity contribution in [1.82, 2.24) is 9.88 Å². The third kappa shape index (κ3) is 1.42. The Hall–Kier alpha value is -1.35. The van der Waals surface area contributed by atoms with E-state index < -0.39 is 0 Å². The highest BCUT2D eigenvalue weighted by Gasteiger charge is 2.20. The average Bonchev–Trinajstić information content (AvgIpc) is 2.49. The number of hydrogen-bond acceptors (Lipinski definition) is 3. The highest BCUT2D eigenvalue weighted by Crippen LogP contribution is 2.26. The number of pyridine rings is 1. The summed E-state index contributed by atoms with van der Waals surface area (Å²) in [5.74, 6) is 0. The molecule has 0 bridgehead atoms. The third-order valence-electron chi connectivity index (χ3n) is 2.31. The van der Waals surface area contributed by atoms with Crippen LogP contribution < -0.4 is 0 Å². The van der Waals surface area contributed by atoms with Crippen LogP contribution in [0.15, 0.2) is 30.6 Å². The maximum absolute atomic E-state index is 9.48. The van der Waals surface area contributed by atoms with Crippen molar-refractivity contribution in [3.8, 4) is 0 Å². The second-order valence-electron chi connectivity index (χ2n) is 3.16. The molecule has 3 heteroatoms. The molecule has 0 aromatic carbocycles. The van der Waals surface area contributed by atoms with E-state index in [9.17, 15) is 5.11 Å². The highest BCUT2D eigenvalue weighted by atomic mass is 16.3. The molecule has 1 N–H and O–H groups in total. The molecule has 1 unspecified atom stereocenters. The Balaban J connectivity index is 2.29. The lowest BCUT2D eigenvalue weighted by Crippen LogP contribution is -2.24. The minimum atomic E-state index is -0.379. The van der Waals surface area contributed by atoms with E-state index in [2.05, 4.69) is 4.98 Å². The van der Waals surface area contributed by atoms with E-state index in [-0.39, 0.29) is 6.23 Å². The third-order valence-corrected chi connectivity index (χ3v) is 2.31. The van der Waals surface area contributed by atoms with Crippen molar-refractivity contribution in [3.63, 3.8) is 0 Å². The molecule has 1 aliphatic rings. The van der Waals surface area contributed by atoms with Gasteiger partial charge < -0.3 is 10.0 Å². The number of aliphatic hydroxyl groups excluding tert-OH is 1. The van der Waals surface area contributed by atoms with E-state index in [1.54, 1.807) is 12.4 Å². The summed E-state index contributed by atoms with van der Waals surface area (Å²) in [6.07, 6.45) is 5.90. The van der Waals surface area contributed by atoms with Gasteiger partial charge in [-0.1, -0.05) is 6.08 Å². The summed E-state index contributed by atoms with van der Waals surface area (Å²) < 4.78 is 0. The first-order chi connectivity index (χ1) is 6.29. The topological polar surface area (TPSA) is 36.4 Å². The van der Waals surface area contributed by atoms with Crippen LogP contribution in [0.4, 0.5) is 0 Å². The Kier molecular flexibility index (Phi) is 2.02. The van der Waals surface area contributed by atoms with Gasteiger partial charge in [-0.25, -0.2) is 0 Å². The van der Waals surface area contributed by atoms with E-state index in [1.807, 2.05) is 30.2 Å². The smallest absolute Gasteiger partial charge is 0.130 e. The second kappa shape index (κ2) is 3.18. The predicted octanol–water partition coefficient (Wildman–Crippen LogP) is 1.08. The van der Waals surface area contributed by atoms with Crippen molar-refractivity contribution >= 4 is 5.70 Å². The fraction of sp³-hybridized carbons (Fsp3) is 0.300. The van der Waals surface area contributed by atoms with Gasteiger partial charge in [0, 0.05) is 37.1 Å². The van der Waals surface area contributed by atoms with Gasteiger partial charge in [0.05, 0.1) is 0 Å². The zero-order valence-electron chi connectivity index (χ0n) is 7.51. The van der Waals surface area contributed by atoms with Crippen LogP contribution in [0.25, 0.3) is 5.70 Å². The van der Waals surface area contributed by atoms with Crippen molar-refractivity contribution < 1.29 is 5.11 Å². The van der Waals surface area contributed by atoms with Crippen LogP contribution in [-0.4, -0.2) is 28.3 Å². The van der Waals surface area contributed by atoms with Gasteiger partial charge in [-0.15, -0.1) is 0 Å². The van der Waals surface area contributed by atoms with Gasteiger partial charge in [-0.2, -0.15) is 0 Å². The molecule has 0 spiro atoms. The largest absolute Gasteiger partial charge is 0.373 e. The lowest BCUT2D eigenvalue weighted by Gasteiger charge is -2.20. The second-order valence-corrected chi connectivity index (χ2v) is 3.16. The Morgan fingerprint density at radius 2 is 2.46 bits per heavy atom. The Morgan fingerprint density at radius 3 is 3.00 bits per heavy atom. The van der Waals surface area contributed by atoms with Crippen LogP contribution in [0.3, 0.4) is 0 Å². The normalized spacial score (nSPS) is 21.8. The van der Waals surface area contributed by atoms with Gasteiger partial charge >= 0.3 is 0 Å². The number of rotatable bonds is 1. The van der Waals surface area contributed by atoms with Crippen molar-refractivity contribution in [2.24, 2.45) is 0 Å². The van der Waals surface area contributed by atoms with Crippen molar-refractivity contribution in [3.05, 3.63) is 36.2 Å².